The highest BCUT2D eigenvalue weighted by Gasteiger charge is 2.62. The van der Waals surface area contributed by atoms with Gasteiger partial charge in [-0.2, -0.15) is 51.5 Å². The number of nitrogen functional groups attached to an aromatic ring is 4. The summed E-state index contributed by atoms with van der Waals surface area (Å²) in [5.74, 6) is 5.02. The molecule has 61 nitrogen and oxygen atoms in total. The number of carbonyl (C=O) groups excluding carboxylic acids is 2. The van der Waals surface area contributed by atoms with Gasteiger partial charge in [-0.25, -0.2) is 63.7 Å². The van der Waals surface area contributed by atoms with Gasteiger partial charge in [0.2, 0.25) is 5.60 Å². The summed E-state index contributed by atoms with van der Waals surface area (Å²) >= 11 is 2.05. The van der Waals surface area contributed by atoms with Gasteiger partial charge in [-0.1, -0.05) is 76.9 Å². The molecule has 28 N–H and O–H groups in total. The van der Waals surface area contributed by atoms with Crippen molar-refractivity contribution in [1.82, 2.24) is 38.5 Å². The third-order valence-electron chi connectivity index (χ3n) is 19.8. The summed E-state index contributed by atoms with van der Waals surface area (Å²) in [6.45, 7) is 8.28. The summed E-state index contributed by atoms with van der Waals surface area (Å²) in [5.41, 5.74) is 18.5. The Morgan fingerprint density at radius 2 is 0.645 bits per heavy atom. The zero-order valence-electron chi connectivity index (χ0n) is 73.5. The number of phosphoric ester groups is 4. The summed E-state index contributed by atoms with van der Waals surface area (Å²) in [5, 5.41) is 111. The number of hydrogen-bond donors (Lipinski definition) is 24. The number of phosphoric acid groups is 10. The number of aromatic nitrogens is 8. The Balaban J connectivity index is 0.000000211. The first-order chi connectivity index (χ1) is 64.7. The minimum atomic E-state index is -5.76. The largest absolute Gasteiger partial charge is 0.490 e. The number of rotatable bonds is 36. The number of ether oxygens (including phenoxy) is 4. The minimum Gasteiger partial charge on any atom is -0.397 e. The molecule has 0 spiro atoms. The topological polar surface area (TPSA) is 954 Å². The van der Waals surface area contributed by atoms with E-state index >= 15 is 0 Å². The first kappa shape index (κ1) is 118. The van der Waals surface area contributed by atoms with Crippen LogP contribution in [0.3, 0.4) is 0 Å². The van der Waals surface area contributed by atoms with Gasteiger partial charge in [0.1, 0.15) is 84.9 Å². The molecule has 6 unspecified atom stereocenters. The SMILES string of the molecule is C#C[C@@]1(c2ccc3c(N)ccnn23)O[C@H](COP(=O)(O)OP(=O)(O)OP(=O)(O)O)[C@@H](O)[C@H]1O.C#C[C@@]1(c2ccc3c(N)ccnn23)O[C@H](COP(=O)(OCCSC(=O)C(C)(C)C)OCCSC(=O)C(C)(C)C)[C@@H](O)[C@H]1O.C[C@@]1(c2ccc3c(N)ccnn23)O[C@H](COP(=O)(O)OP(=O)(O)OP(=O)(O)O)[C@@H](O)[C@H]1O.N#C[C@@]1(c2ccc3c(N)ccnn23)O[C@H](COP(=O)(O)OP(=O)(O)OP(=O)(O)O)[C@@H](O)[C@H]1O. The van der Waals surface area contributed by atoms with Crippen LogP contribution in [0.1, 0.15) is 71.2 Å². The molecule has 4 saturated heterocycles. The fourth-order valence-corrected chi connectivity index (χ4v) is 25.5. The van der Waals surface area contributed by atoms with Crippen molar-refractivity contribution in [3.63, 3.8) is 0 Å². The van der Waals surface area contributed by atoms with Gasteiger partial charge in [-0.3, -0.25) is 36.7 Å². The summed E-state index contributed by atoms with van der Waals surface area (Å²) in [6.07, 6.45) is -2.73. The Labute approximate surface area is 803 Å². The van der Waals surface area contributed by atoms with Gasteiger partial charge >= 0.3 is 78.2 Å². The number of thioether (sulfide) groups is 2. The second-order valence-corrected chi connectivity index (χ2v) is 49.2. The van der Waals surface area contributed by atoms with Crippen LogP contribution in [0.15, 0.2) is 97.6 Å². The molecule has 4 fully saturated rings. The molecule has 0 saturated carbocycles. The fraction of sp³-hybridized carbons (Fsp3) is 0.485. The number of anilines is 4. The third kappa shape index (κ3) is 28.9. The van der Waals surface area contributed by atoms with Crippen molar-refractivity contribution in [3.8, 4) is 30.8 Å². The molecule has 0 amide bonds. The monoisotopic (exact) mass is 2240 g/mol. The molecule has 8 aromatic rings. The standard InChI is InChI=1S/C28H40N3O9PS2.C14H18N3O13P3.C13H17N4O13P3.C13H20N3O13P3/c1-8-28(21-10-9-19-18(29)11-12-30-31(19)21)23(33)22(32)20(40-28)17-39-41(36,37-13-15-42-24(34)26(2,3)4)38-14-16-43-25(35)27(5,6)7;1-2-14(11-4-3-9-8(15)5-6-16-17(9)11)13(19)12(18)10(28-14)7-27-32(23,24)30-33(25,26)29-31(20,21)22;14-6-13(10-2-1-8-7(15)3-4-16-17(8)10)12(19)11(18)9(28-13)5-27-32(23,24)30-33(25,26)29-31(20,21)22;1-13(10-3-2-8-7(14)4-5-15-16(8)10)12(18)11(17)9(27-13)6-26-31(22,23)29-32(24,25)28-30(19,20)21/h1,9-12,20,22-23,32-33H,13-17,29H2,2-7H3;1,3-6,10,12-13,18-19H,7,15H2,(H,23,24)(H,25,26)(H2,20,21,22);1-4,9,11-12,18-19H,5,15H2,(H,23,24)(H,25,26)(H2,20,21,22);2-5,9,11-12,17-18H,6,14H2,1H3,(H,22,23)(H,24,25)(H2,19,20,21)/t20-,22-,23-,28+;10-,12-,13-,14+;2*9-,11-,12-,13+/m1111/s1. The number of carbonyl (C=O) groups is 2. The van der Waals surface area contributed by atoms with Crippen LogP contribution in [-0.2, 0) is 150 Å². The summed E-state index contributed by atoms with van der Waals surface area (Å²) in [7, 11) is -54.6. The van der Waals surface area contributed by atoms with Crippen LogP contribution in [-0.4, -0.2) is 273 Å². The van der Waals surface area contributed by atoms with Crippen molar-refractivity contribution in [2.24, 2.45) is 10.8 Å². The average Bonchev–Trinajstić information content (AvgIpc) is 1.59. The Morgan fingerprint density at radius 3 is 0.929 bits per heavy atom. The maximum absolute atomic E-state index is 13.6. The molecule has 4 aliphatic rings. The van der Waals surface area contributed by atoms with Crippen LogP contribution in [0.2, 0.25) is 0 Å². The Hall–Kier alpha value is -6.53. The summed E-state index contributed by atoms with van der Waals surface area (Å²) < 4.78 is 195. The molecule has 0 aliphatic carbocycles. The Bertz CT molecular complexity index is 6340. The van der Waals surface area contributed by atoms with Crippen LogP contribution in [0, 0.1) is 46.8 Å². The maximum Gasteiger partial charge on any atom is 0.490 e. The number of nitriles is 1. The quantitative estimate of drug-likeness (QED) is 0.0150. The van der Waals surface area contributed by atoms with Crippen molar-refractivity contribution in [2.75, 3.05) is 74.1 Å². The van der Waals surface area contributed by atoms with E-state index in [0.717, 1.165) is 23.5 Å². The molecule has 0 bridgehead atoms. The molecular weight excluding hydrogens is 2140 g/mol. The molecule has 141 heavy (non-hydrogen) atoms. The van der Waals surface area contributed by atoms with Crippen molar-refractivity contribution in [3.05, 3.63) is 120 Å². The van der Waals surface area contributed by atoms with Crippen LogP contribution in [0.5, 0.6) is 0 Å². The number of aliphatic hydroxyl groups is 8. The number of fused-ring (bicyclic) bond motifs is 4. The zero-order valence-corrected chi connectivity index (χ0v) is 84.1. The van der Waals surface area contributed by atoms with Crippen LogP contribution in [0.4, 0.5) is 22.7 Å². The first-order valence-corrected chi connectivity index (χ1v) is 56.4. The Kier molecular flexibility index (Phi) is 37.6. The maximum atomic E-state index is 13.6. The van der Waals surface area contributed by atoms with Gasteiger partial charge in [0.15, 0.2) is 21.4 Å². The van der Waals surface area contributed by atoms with E-state index in [2.05, 4.69) is 71.7 Å². The Morgan fingerprint density at radius 1 is 0.390 bits per heavy atom. The molecule has 12 heterocycles. The van der Waals surface area contributed by atoms with E-state index in [1.807, 2.05) is 0 Å². The first-order valence-electron chi connectivity index (χ1n) is 39.4. The highest BCUT2D eigenvalue weighted by atomic mass is 32.2. The van der Waals surface area contributed by atoms with E-state index in [1.165, 1.54) is 86.2 Å². The van der Waals surface area contributed by atoms with Gasteiger partial charge in [-0.15, -0.1) is 12.8 Å². The van der Waals surface area contributed by atoms with Gasteiger partial charge < -0.3 is 141 Å². The van der Waals surface area contributed by atoms with E-state index in [1.54, 1.807) is 84.0 Å². The van der Waals surface area contributed by atoms with E-state index in [4.69, 9.17) is 107 Å². The number of nitrogens with zero attached hydrogens (tertiary/aromatic N) is 9. The molecule has 782 valence electrons. The lowest BCUT2D eigenvalue weighted by atomic mass is 9.92. The van der Waals surface area contributed by atoms with Crippen molar-refractivity contribution in [2.45, 2.75) is 144 Å². The average molecular weight is 2240 g/mol. The summed E-state index contributed by atoms with van der Waals surface area (Å²) in [4.78, 5) is 132. The predicted octanol–water partition coefficient (Wildman–Crippen LogP) is 1.54. The van der Waals surface area contributed by atoms with E-state index in [0.29, 0.717) is 39.1 Å². The number of terminal acetylenes is 2. The van der Waals surface area contributed by atoms with E-state index in [-0.39, 0.29) is 63.4 Å². The molecule has 0 radical (unpaired) electrons. The zero-order chi connectivity index (χ0) is 106. The smallest absolute Gasteiger partial charge is 0.397 e. The number of hydrogen-bond acceptors (Lipinski definition) is 47. The highest BCUT2D eigenvalue weighted by Crippen LogP contribution is 2.69. The lowest BCUT2D eigenvalue weighted by Crippen LogP contribution is -2.41. The number of aliphatic hydroxyl groups excluding tert-OH is 8. The molecule has 4 aliphatic heterocycles. The molecule has 73 heteroatoms. The second-order valence-electron chi connectivity index (χ2n) is 32.1. The minimum absolute atomic E-state index is 0.0420. The van der Waals surface area contributed by atoms with Crippen LogP contribution in [0.25, 0.3) is 22.1 Å². The van der Waals surface area contributed by atoms with E-state index < -0.39 is 211 Å². The number of nitrogens with two attached hydrogens (primary N) is 4. The van der Waals surface area contributed by atoms with Crippen LogP contribution >= 0.6 is 102 Å². The van der Waals surface area contributed by atoms with Crippen LogP contribution < -0.4 is 22.9 Å². The van der Waals surface area contributed by atoms with Gasteiger partial charge in [0.25, 0.3) is 0 Å². The van der Waals surface area contributed by atoms with Gasteiger partial charge in [-0.05, 0) is 79.7 Å². The summed E-state index contributed by atoms with van der Waals surface area (Å²) in [6, 6.07) is 20.0. The van der Waals surface area contributed by atoms with Crippen molar-refractivity contribution < 1.29 is 227 Å². The highest BCUT2D eigenvalue weighted by molar-refractivity contribution is 8.14. The fourth-order valence-electron chi connectivity index (χ4n) is 13.4. The molecular formula is C68H95N13O48P10S2. The van der Waals surface area contributed by atoms with Crippen molar-refractivity contribution in [1.29, 1.82) is 5.26 Å². The van der Waals surface area contributed by atoms with Gasteiger partial charge in [0, 0.05) is 47.1 Å². The van der Waals surface area contributed by atoms with Crippen molar-refractivity contribution >= 4 is 157 Å². The predicted molar refractivity (Wildman–Crippen MR) is 480 cm³/mol. The lowest BCUT2D eigenvalue weighted by molar-refractivity contribution is -0.118. The normalized spacial score (nSPS) is 27.7. The molecule has 22 atom stereocenters. The second kappa shape index (κ2) is 44.9. The third-order valence-corrected chi connectivity index (χ3v) is 35.2. The lowest BCUT2D eigenvalue weighted by Gasteiger charge is -2.27. The van der Waals surface area contributed by atoms with Gasteiger partial charge in [0.05, 0.1) is 107 Å². The molecule has 0 aromatic carbocycles. The molecule has 12 rings (SSSR count). The molecule has 8 aromatic heterocycles. The van der Waals surface area contributed by atoms with E-state index in [9.17, 15) is 121 Å².